The first-order valence-electron chi connectivity index (χ1n) is 7.14. The fourth-order valence-electron chi connectivity index (χ4n) is 2.18. The Morgan fingerprint density at radius 2 is 1.83 bits per heavy atom. The van der Waals surface area contributed by atoms with Crippen LogP contribution in [0.3, 0.4) is 0 Å². The first-order valence-corrected chi connectivity index (χ1v) is 7.14. The smallest absolute Gasteiger partial charge is 0.348 e. The van der Waals surface area contributed by atoms with E-state index in [1.807, 2.05) is 13.8 Å². The number of esters is 2. The first-order chi connectivity index (χ1) is 10.9. The Morgan fingerprint density at radius 3 is 2.30 bits per heavy atom. The molecule has 23 heavy (non-hydrogen) atoms. The van der Waals surface area contributed by atoms with E-state index in [9.17, 15) is 9.59 Å². The minimum atomic E-state index is -0.889. The van der Waals surface area contributed by atoms with Gasteiger partial charge in [-0.1, -0.05) is 13.8 Å². The van der Waals surface area contributed by atoms with Gasteiger partial charge in [0.1, 0.15) is 18.1 Å². The number of cyclic esters (lactones) is 1. The number of rotatable bonds is 5. The molecule has 1 saturated heterocycles. The molecular formula is C17H20O6. The molecule has 0 aliphatic carbocycles. The quantitative estimate of drug-likeness (QED) is 0.612. The zero-order valence-electron chi connectivity index (χ0n) is 13.6. The van der Waals surface area contributed by atoms with E-state index in [0.29, 0.717) is 17.1 Å². The van der Waals surface area contributed by atoms with Crippen LogP contribution >= 0.6 is 0 Å². The molecular weight excluding hydrogens is 300 g/mol. The van der Waals surface area contributed by atoms with Crippen LogP contribution in [-0.2, 0) is 19.1 Å². The van der Waals surface area contributed by atoms with E-state index in [4.69, 9.17) is 18.9 Å². The second-order valence-electron chi connectivity index (χ2n) is 5.89. The molecule has 0 saturated carbocycles. The number of ether oxygens (including phenoxy) is 4. The van der Waals surface area contributed by atoms with Gasteiger partial charge in [-0.05, 0) is 23.8 Å². The third-order valence-corrected chi connectivity index (χ3v) is 3.53. The molecule has 0 amide bonds. The molecule has 1 aromatic carbocycles. The van der Waals surface area contributed by atoms with E-state index in [-0.39, 0.29) is 6.61 Å². The van der Waals surface area contributed by atoms with Gasteiger partial charge in [-0.2, -0.15) is 0 Å². The Kier molecular flexibility index (Phi) is 4.93. The van der Waals surface area contributed by atoms with Crippen LogP contribution in [0.1, 0.15) is 19.4 Å². The third kappa shape index (κ3) is 4.03. The molecule has 0 unspecified atom stereocenters. The van der Waals surface area contributed by atoms with Crippen molar-refractivity contribution in [2.24, 2.45) is 5.41 Å². The summed E-state index contributed by atoms with van der Waals surface area (Å²) in [5, 5.41) is 0. The molecule has 1 heterocycles. The molecule has 1 aliphatic rings. The number of methoxy groups -OCH3 is 2. The van der Waals surface area contributed by atoms with E-state index >= 15 is 0 Å². The summed E-state index contributed by atoms with van der Waals surface area (Å²) in [7, 11) is 3.09. The number of benzene rings is 1. The SMILES string of the molecule is COc1cc(/C=C\C(=O)O[C@H]2C(=O)OCC2(C)C)cc(OC)c1. The maximum absolute atomic E-state index is 11.9. The van der Waals surface area contributed by atoms with Crippen LogP contribution in [0.5, 0.6) is 11.5 Å². The highest BCUT2D eigenvalue weighted by Crippen LogP contribution is 2.31. The second-order valence-corrected chi connectivity index (χ2v) is 5.89. The Labute approximate surface area is 135 Å². The Bertz CT molecular complexity index is 610. The highest BCUT2D eigenvalue weighted by molar-refractivity contribution is 5.90. The Balaban J connectivity index is 2.08. The zero-order chi connectivity index (χ0) is 17.0. The monoisotopic (exact) mass is 320 g/mol. The third-order valence-electron chi connectivity index (χ3n) is 3.53. The van der Waals surface area contributed by atoms with Crippen molar-refractivity contribution in [1.29, 1.82) is 0 Å². The van der Waals surface area contributed by atoms with Crippen molar-refractivity contribution >= 4 is 18.0 Å². The Hall–Kier alpha value is -2.50. The highest BCUT2D eigenvalue weighted by Gasteiger charge is 2.46. The molecule has 0 bridgehead atoms. The lowest BCUT2D eigenvalue weighted by atomic mass is 9.90. The fraction of sp³-hybridized carbons (Fsp3) is 0.412. The normalized spacial score (nSPS) is 19.5. The van der Waals surface area contributed by atoms with Crippen molar-refractivity contribution in [3.63, 3.8) is 0 Å². The van der Waals surface area contributed by atoms with Crippen LogP contribution in [0.2, 0.25) is 0 Å². The van der Waals surface area contributed by atoms with E-state index in [0.717, 1.165) is 0 Å². The summed E-state index contributed by atoms with van der Waals surface area (Å²) < 4.78 is 20.5. The molecule has 1 fully saturated rings. The average molecular weight is 320 g/mol. The molecule has 0 N–H and O–H groups in total. The van der Waals surface area contributed by atoms with Gasteiger partial charge in [0.2, 0.25) is 6.10 Å². The summed E-state index contributed by atoms with van der Waals surface area (Å²) in [6.07, 6.45) is 1.94. The van der Waals surface area contributed by atoms with Crippen LogP contribution < -0.4 is 9.47 Å². The lowest BCUT2D eigenvalue weighted by molar-refractivity contribution is -0.159. The van der Waals surface area contributed by atoms with Crippen LogP contribution in [0.15, 0.2) is 24.3 Å². The van der Waals surface area contributed by atoms with Crippen molar-refractivity contribution in [3.05, 3.63) is 29.8 Å². The van der Waals surface area contributed by atoms with Crippen LogP contribution in [0, 0.1) is 5.41 Å². The highest BCUT2D eigenvalue weighted by atomic mass is 16.6. The summed E-state index contributed by atoms with van der Waals surface area (Å²) in [4.78, 5) is 23.5. The number of hydrogen-bond acceptors (Lipinski definition) is 6. The largest absolute Gasteiger partial charge is 0.497 e. The van der Waals surface area contributed by atoms with Crippen molar-refractivity contribution in [3.8, 4) is 11.5 Å². The predicted molar refractivity (Wildman–Crippen MR) is 83.2 cm³/mol. The molecule has 1 aliphatic heterocycles. The van der Waals surface area contributed by atoms with Gasteiger partial charge in [-0.15, -0.1) is 0 Å². The van der Waals surface area contributed by atoms with Gasteiger partial charge in [0.05, 0.1) is 14.2 Å². The maximum Gasteiger partial charge on any atom is 0.348 e. The van der Waals surface area contributed by atoms with Crippen LogP contribution in [0.25, 0.3) is 6.08 Å². The molecule has 124 valence electrons. The van der Waals surface area contributed by atoms with Gasteiger partial charge < -0.3 is 18.9 Å². The van der Waals surface area contributed by atoms with Crippen LogP contribution in [-0.4, -0.2) is 38.9 Å². The Morgan fingerprint density at radius 1 is 1.22 bits per heavy atom. The molecule has 0 radical (unpaired) electrons. The molecule has 6 nitrogen and oxygen atoms in total. The summed E-state index contributed by atoms with van der Waals surface area (Å²) in [6, 6.07) is 5.23. The van der Waals surface area contributed by atoms with Gasteiger partial charge in [-0.25, -0.2) is 9.59 Å². The summed E-state index contributed by atoms with van der Waals surface area (Å²) in [5.41, 5.74) is 0.186. The van der Waals surface area contributed by atoms with Gasteiger partial charge in [0, 0.05) is 17.6 Å². The van der Waals surface area contributed by atoms with Gasteiger partial charge in [-0.3, -0.25) is 0 Å². The fourth-order valence-corrected chi connectivity index (χ4v) is 2.18. The molecule has 6 heteroatoms. The first kappa shape index (κ1) is 16.9. The minimum Gasteiger partial charge on any atom is -0.497 e. The molecule has 0 spiro atoms. The molecule has 2 rings (SSSR count). The topological polar surface area (TPSA) is 71.1 Å². The summed E-state index contributed by atoms with van der Waals surface area (Å²) >= 11 is 0. The minimum absolute atomic E-state index is 0.237. The van der Waals surface area contributed by atoms with Crippen LogP contribution in [0.4, 0.5) is 0 Å². The summed E-state index contributed by atoms with van der Waals surface area (Å²) in [6.45, 7) is 3.86. The molecule has 1 atom stereocenters. The van der Waals surface area contributed by atoms with Crippen molar-refractivity contribution in [1.82, 2.24) is 0 Å². The van der Waals surface area contributed by atoms with Crippen molar-refractivity contribution in [2.75, 3.05) is 20.8 Å². The van der Waals surface area contributed by atoms with Gasteiger partial charge in [0.15, 0.2) is 0 Å². The average Bonchev–Trinajstić information content (AvgIpc) is 2.79. The van der Waals surface area contributed by atoms with E-state index < -0.39 is 23.5 Å². The van der Waals surface area contributed by atoms with E-state index in [1.54, 1.807) is 38.5 Å². The van der Waals surface area contributed by atoms with E-state index in [1.165, 1.54) is 6.08 Å². The number of hydrogen-bond donors (Lipinski definition) is 0. The zero-order valence-corrected chi connectivity index (χ0v) is 13.6. The van der Waals surface area contributed by atoms with E-state index in [2.05, 4.69) is 0 Å². The summed E-state index contributed by atoms with van der Waals surface area (Å²) in [5.74, 6) is 0.0965. The lowest BCUT2D eigenvalue weighted by Gasteiger charge is -2.20. The van der Waals surface area contributed by atoms with Crippen molar-refractivity contribution < 1.29 is 28.5 Å². The predicted octanol–water partition coefficient (Wildman–Crippen LogP) is 2.21. The standard InChI is InChI=1S/C17H20O6/c1-17(2)10-22-16(19)15(17)23-14(18)6-5-11-7-12(20-3)9-13(8-11)21-4/h5-9,15H,10H2,1-4H3/b6-5-/t15-/m0/s1. The number of carbonyl (C=O) groups excluding carboxylic acids is 2. The molecule has 0 aromatic heterocycles. The lowest BCUT2D eigenvalue weighted by Crippen LogP contribution is -2.34. The molecule has 1 aromatic rings. The van der Waals surface area contributed by atoms with Gasteiger partial charge >= 0.3 is 11.9 Å². The maximum atomic E-state index is 11.9. The van der Waals surface area contributed by atoms with Crippen molar-refractivity contribution in [2.45, 2.75) is 20.0 Å². The van der Waals surface area contributed by atoms with Gasteiger partial charge in [0.25, 0.3) is 0 Å². The second kappa shape index (κ2) is 6.73. The number of carbonyl (C=O) groups is 2.